The molecule has 0 aliphatic carbocycles. The van der Waals surface area contributed by atoms with Crippen LogP contribution in [0.3, 0.4) is 0 Å². The second kappa shape index (κ2) is 11.5. The third-order valence-corrected chi connectivity index (χ3v) is 7.44. The van der Waals surface area contributed by atoms with Crippen molar-refractivity contribution in [1.29, 1.82) is 0 Å². The molecule has 3 aromatic carbocycles. The van der Waals surface area contributed by atoms with Crippen LogP contribution in [0.4, 0.5) is 0 Å². The van der Waals surface area contributed by atoms with Gasteiger partial charge in [-0.25, -0.2) is 4.98 Å². The van der Waals surface area contributed by atoms with E-state index in [0.717, 1.165) is 52.2 Å². The highest BCUT2D eigenvalue weighted by atomic mass is 35.5. The van der Waals surface area contributed by atoms with Crippen LogP contribution in [0.1, 0.15) is 34.8 Å². The zero-order chi connectivity index (χ0) is 26.6. The van der Waals surface area contributed by atoms with Gasteiger partial charge in [-0.15, -0.1) is 0 Å². The number of hydrogen-bond donors (Lipinski definition) is 2. The number of aryl methyl sites for hydroxylation is 1. The minimum absolute atomic E-state index is 0.112. The zero-order valence-electron chi connectivity index (χ0n) is 21.4. The topological polar surface area (TPSA) is 68.3 Å². The molecule has 0 spiro atoms. The molecule has 1 aliphatic rings. The summed E-state index contributed by atoms with van der Waals surface area (Å²) in [6.45, 7) is 3.79. The number of ether oxygens (including phenoxy) is 1. The van der Waals surface area contributed by atoms with Gasteiger partial charge in [-0.2, -0.15) is 0 Å². The van der Waals surface area contributed by atoms with Crippen molar-refractivity contribution in [2.45, 2.75) is 25.4 Å². The Hall–Kier alpha value is -3.45. The highest BCUT2D eigenvalue weighted by molar-refractivity contribution is 6.30. The first-order valence-electron chi connectivity index (χ1n) is 12.6. The van der Waals surface area contributed by atoms with Crippen molar-refractivity contribution in [3.05, 3.63) is 118 Å². The van der Waals surface area contributed by atoms with Crippen molar-refractivity contribution < 1.29 is 4.74 Å². The van der Waals surface area contributed by atoms with E-state index in [-0.39, 0.29) is 12.1 Å². The molecule has 196 valence electrons. The van der Waals surface area contributed by atoms with E-state index in [1.165, 1.54) is 11.1 Å². The molecule has 0 radical (unpaired) electrons. The normalized spacial score (nSPS) is 16.2. The van der Waals surface area contributed by atoms with Crippen LogP contribution in [-0.2, 0) is 0 Å². The molecule has 1 fully saturated rings. The smallest absolute Gasteiger partial charge is 0.143 e. The van der Waals surface area contributed by atoms with E-state index in [0.29, 0.717) is 5.70 Å². The molecule has 0 bridgehead atoms. The molecule has 1 saturated heterocycles. The lowest BCUT2D eigenvalue weighted by atomic mass is 9.97. The Balaban J connectivity index is 1.30. The van der Waals surface area contributed by atoms with Gasteiger partial charge < -0.3 is 20.4 Å². The molecule has 0 saturated carbocycles. The molecule has 0 amide bonds. The Morgan fingerprint density at radius 1 is 1.05 bits per heavy atom. The molecule has 38 heavy (non-hydrogen) atoms. The number of nitrogens with one attached hydrogen (secondary N) is 1. The Morgan fingerprint density at radius 3 is 2.29 bits per heavy atom. The van der Waals surface area contributed by atoms with Gasteiger partial charge in [0.1, 0.15) is 5.75 Å². The predicted octanol–water partition coefficient (Wildman–Crippen LogP) is 6.21. The van der Waals surface area contributed by atoms with Crippen LogP contribution in [0, 0.1) is 6.92 Å². The number of halogens is 2. The second-order valence-electron chi connectivity index (χ2n) is 9.56. The minimum atomic E-state index is 0.112. The molecule has 1 unspecified atom stereocenters. The average Bonchev–Trinajstić information content (AvgIpc) is 3.58. The first-order chi connectivity index (χ1) is 18.4. The summed E-state index contributed by atoms with van der Waals surface area (Å²) < 4.78 is 7.59. The maximum Gasteiger partial charge on any atom is 0.143 e. The van der Waals surface area contributed by atoms with Gasteiger partial charge >= 0.3 is 0 Å². The molecule has 1 atom stereocenters. The summed E-state index contributed by atoms with van der Waals surface area (Å²) in [5.41, 5.74) is 12.3. The first-order valence-corrected chi connectivity index (χ1v) is 13.3. The van der Waals surface area contributed by atoms with Gasteiger partial charge in [-0.05, 0) is 60.9 Å². The fourth-order valence-electron chi connectivity index (χ4n) is 4.98. The van der Waals surface area contributed by atoms with E-state index in [2.05, 4.69) is 39.5 Å². The lowest BCUT2D eigenvalue weighted by Crippen LogP contribution is -2.32. The molecule has 8 heteroatoms. The van der Waals surface area contributed by atoms with Gasteiger partial charge in [0.15, 0.2) is 0 Å². The summed E-state index contributed by atoms with van der Waals surface area (Å²) in [7, 11) is 1.66. The van der Waals surface area contributed by atoms with E-state index in [4.69, 9.17) is 33.7 Å². The molecule has 5 rings (SSSR count). The van der Waals surface area contributed by atoms with Crippen molar-refractivity contribution in [3.63, 3.8) is 0 Å². The van der Waals surface area contributed by atoms with Crippen LogP contribution in [-0.4, -0.2) is 40.7 Å². The van der Waals surface area contributed by atoms with E-state index in [9.17, 15) is 0 Å². The summed E-state index contributed by atoms with van der Waals surface area (Å²) in [5.74, 6) is 0.733. The number of imidazole rings is 1. The van der Waals surface area contributed by atoms with Gasteiger partial charge in [0.2, 0.25) is 0 Å². The summed E-state index contributed by atoms with van der Waals surface area (Å²) in [4.78, 5) is 6.79. The third-order valence-electron chi connectivity index (χ3n) is 6.93. The first kappa shape index (κ1) is 26.2. The van der Waals surface area contributed by atoms with Crippen molar-refractivity contribution in [2.24, 2.45) is 5.73 Å². The fraction of sp³-hybridized carbons (Fsp3) is 0.233. The molecule has 3 N–H and O–H groups in total. The van der Waals surface area contributed by atoms with E-state index >= 15 is 0 Å². The molecule has 1 aromatic heterocycles. The van der Waals surface area contributed by atoms with Crippen LogP contribution in [0.25, 0.3) is 11.4 Å². The van der Waals surface area contributed by atoms with Crippen molar-refractivity contribution in [1.82, 2.24) is 19.8 Å². The highest BCUT2D eigenvalue weighted by Crippen LogP contribution is 2.33. The molecule has 6 nitrogen and oxygen atoms in total. The van der Waals surface area contributed by atoms with Crippen molar-refractivity contribution in [2.75, 3.05) is 20.2 Å². The van der Waals surface area contributed by atoms with Crippen LogP contribution < -0.4 is 15.8 Å². The number of nitrogens with zero attached hydrogens (tertiary/aromatic N) is 3. The average molecular weight is 549 g/mol. The maximum atomic E-state index is 6.48. The van der Waals surface area contributed by atoms with Gasteiger partial charge in [0, 0.05) is 47.1 Å². The number of hydrogen-bond acceptors (Lipinski definition) is 5. The summed E-state index contributed by atoms with van der Waals surface area (Å²) in [6, 6.07) is 22.5. The summed E-state index contributed by atoms with van der Waals surface area (Å²) in [5, 5.41) is 5.01. The SMILES string of the molecule is COc1cc(/C(N)=C/NC2CCN(C(c3ccc(Cl)cc3)c3ccc(Cl)cc3)C2)ccc1-n1cnc(C)c1. The fourth-order valence-corrected chi connectivity index (χ4v) is 5.23. The largest absolute Gasteiger partial charge is 0.495 e. The molecule has 1 aliphatic heterocycles. The third kappa shape index (κ3) is 5.83. The van der Waals surface area contributed by atoms with E-state index in [1.807, 2.05) is 66.4 Å². The predicted molar refractivity (Wildman–Crippen MR) is 155 cm³/mol. The monoisotopic (exact) mass is 547 g/mol. The Morgan fingerprint density at radius 2 is 1.71 bits per heavy atom. The van der Waals surface area contributed by atoms with Crippen LogP contribution in [0.15, 0.2) is 85.5 Å². The molecule has 2 heterocycles. The number of nitrogens with two attached hydrogens (primary N) is 1. The number of rotatable bonds is 8. The second-order valence-corrected chi connectivity index (χ2v) is 10.4. The quantitative estimate of drug-likeness (QED) is 0.274. The Labute approximate surface area is 233 Å². The number of benzene rings is 3. The summed E-state index contributed by atoms with van der Waals surface area (Å²) >= 11 is 12.4. The van der Waals surface area contributed by atoms with Crippen molar-refractivity contribution in [3.8, 4) is 11.4 Å². The van der Waals surface area contributed by atoms with Crippen LogP contribution >= 0.6 is 23.2 Å². The lowest BCUT2D eigenvalue weighted by Gasteiger charge is -2.29. The van der Waals surface area contributed by atoms with Gasteiger partial charge in [-0.1, -0.05) is 53.5 Å². The Bertz CT molecular complexity index is 1370. The number of aromatic nitrogens is 2. The van der Waals surface area contributed by atoms with E-state index in [1.54, 1.807) is 13.4 Å². The number of likely N-dealkylation sites (tertiary alicyclic amines) is 1. The molecule has 4 aromatic rings. The minimum Gasteiger partial charge on any atom is -0.495 e. The highest BCUT2D eigenvalue weighted by Gasteiger charge is 2.30. The summed E-state index contributed by atoms with van der Waals surface area (Å²) in [6.07, 6.45) is 6.65. The van der Waals surface area contributed by atoms with Gasteiger partial charge in [0.05, 0.1) is 36.6 Å². The van der Waals surface area contributed by atoms with Crippen LogP contribution in [0.5, 0.6) is 5.75 Å². The van der Waals surface area contributed by atoms with Gasteiger partial charge in [-0.3, -0.25) is 4.90 Å². The maximum absolute atomic E-state index is 6.48. The molecular weight excluding hydrogens is 517 g/mol. The Kier molecular flexibility index (Phi) is 7.93. The zero-order valence-corrected chi connectivity index (χ0v) is 23.0. The lowest BCUT2D eigenvalue weighted by molar-refractivity contribution is 0.275. The van der Waals surface area contributed by atoms with Crippen molar-refractivity contribution >= 4 is 28.9 Å². The standard InChI is InChI=1S/C30H31Cl2N5O/c1-20-17-37(19-35-20)28-12-7-23(15-29(28)38-2)27(33)16-34-26-13-14-36(18-26)30(21-3-8-24(31)9-4-21)22-5-10-25(32)11-6-22/h3-12,15-17,19,26,30,34H,13-14,18,33H2,1-2H3/b27-16-. The van der Waals surface area contributed by atoms with Crippen LogP contribution in [0.2, 0.25) is 10.0 Å². The number of methoxy groups -OCH3 is 1. The van der Waals surface area contributed by atoms with Gasteiger partial charge in [0.25, 0.3) is 0 Å². The molecular formula is C30H31Cl2N5O. The van der Waals surface area contributed by atoms with E-state index < -0.39 is 0 Å².